The van der Waals surface area contributed by atoms with Crippen LogP contribution in [0.1, 0.15) is 34.9 Å². The van der Waals surface area contributed by atoms with E-state index in [1.54, 1.807) is 10.9 Å². The number of carbonyl (C=O) groups is 1. The second kappa shape index (κ2) is 6.96. The first-order valence-corrected chi connectivity index (χ1v) is 9.62. The molecule has 0 radical (unpaired) electrons. The summed E-state index contributed by atoms with van der Waals surface area (Å²) < 4.78 is 1.74. The van der Waals surface area contributed by atoms with Gasteiger partial charge in [-0.2, -0.15) is 5.10 Å². The van der Waals surface area contributed by atoms with Crippen LogP contribution in [0.5, 0.6) is 0 Å². The predicted molar refractivity (Wildman–Crippen MR) is 108 cm³/mol. The zero-order chi connectivity index (χ0) is 18.9. The van der Waals surface area contributed by atoms with Gasteiger partial charge in [0.25, 0.3) is 5.91 Å². The van der Waals surface area contributed by atoms with Gasteiger partial charge in [-0.25, -0.2) is 9.67 Å². The molecule has 2 aromatic carbocycles. The number of aromatic amines is 1. The lowest BCUT2D eigenvalue weighted by molar-refractivity contribution is 0.0711. The number of hydrogen-bond acceptors (Lipinski definition) is 3. The number of nitrogens with one attached hydrogen (secondary N) is 1. The van der Waals surface area contributed by atoms with E-state index in [-0.39, 0.29) is 5.91 Å². The van der Waals surface area contributed by atoms with E-state index in [0.717, 1.165) is 48.5 Å². The summed E-state index contributed by atoms with van der Waals surface area (Å²) in [6.07, 6.45) is 5.29. The monoisotopic (exact) mass is 371 g/mol. The second-order valence-corrected chi connectivity index (χ2v) is 7.21. The van der Waals surface area contributed by atoms with Crippen LogP contribution < -0.4 is 0 Å². The Kier molecular flexibility index (Phi) is 4.16. The van der Waals surface area contributed by atoms with E-state index in [2.05, 4.69) is 16.1 Å². The standard InChI is InChI=1S/C22H21N5O/c28-22(17-14-23-27(15-17)18-6-2-1-3-7-18)26-12-10-16(11-13-26)21-24-19-8-4-5-9-20(19)25-21/h1-9,14-16H,10-13H2,(H,24,25). The number of likely N-dealkylation sites (tertiary alicyclic amines) is 1. The van der Waals surface area contributed by atoms with Crippen molar-refractivity contribution < 1.29 is 4.79 Å². The van der Waals surface area contributed by atoms with Crippen LogP contribution >= 0.6 is 0 Å². The molecule has 6 nitrogen and oxygen atoms in total. The lowest BCUT2D eigenvalue weighted by Gasteiger charge is -2.30. The molecular weight excluding hydrogens is 350 g/mol. The lowest BCUT2D eigenvalue weighted by Crippen LogP contribution is -2.38. The molecule has 4 aromatic rings. The fraction of sp³-hybridized carbons (Fsp3) is 0.227. The summed E-state index contributed by atoms with van der Waals surface area (Å²) in [5, 5.41) is 4.34. The number of fused-ring (bicyclic) bond motifs is 1. The largest absolute Gasteiger partial charge is 0.342 e. The lowest BCUT2D eigenvalue weighted by atomic mass is 9.96. The van der Waals surface area contributed by atoms with Crippen LogP contribution in [-0.4, -0.2) is 43.6 Å². The molecule has 0 atom stereocenters. The molecule has 28 heavy (non-hydrogen) atoms. The second-order valence-electron chi connectivity index (χ2n) is 7.21. The molecular formula is C22H21N5O. The predicted octanol–water partition coefficient (Wildman–Crippen LogP) is 3.77. The van der Waals surface area contributed by atoms with Gasteiger partial charge in [-0.05, 0) is 37.1 Å². The minimum Gasteiger partial charge on any atom is -0.342 e. The molecule has 0 aliphatic carbocycles. The van der Waals surface area contributed by atoms with E-state index >= 15 is 0 Å². The van der Waals surface area contributed by atoms with Crippen LogP contribution in [0.4, 0.5) is 0 Å². The van der Waals surface area contributed by atoms with E-state index < -0.39 is 0 Å². The van der Waals surface area contributed by atoms with Crippen molar-refractivity contribution >= 4 is 16.9 Å². The average molecular weight is 371 g/mol. The highest BCUT2D eigenvalue weighted by Crippen LogP contribution is 2.28. The summed E-state index contributed by atoms with van der Waals surface area (Å²) >= 11 is 0. The van der Waals surface area contributed by atoms with Gasteiger partial charge in [-0.3, -0.25) is 4.79 Å². The van der Waals surface area contributed by atoms with Gasteiger partial charge in [0.15, 0.2) is 0 Å². The van der Waals surface area contributed by atoms with Crippen molar-refractivity contribution in [2.24, 2.45) is 0 Å². The van der Waals surface area contributed by atoms with Crippen LogP contribution in [0.3, 0.4) is 0 Å². The van der Waals surface area contributed by atoms with E-state index in [4.69, 9.17) is 4.98 Å². The maximum Gasteiger partial charge on any atom is 0.257 e. The smallest absolute Gasteiger partial charge is 0.257 e. The quantitative estimate of drug-likeness (QED) is 0.596. The number of amides is 1. The van der Waals surface area contributed by atoms with Crippen molar-refractivity contribution in [2.45, 2.75) is 18.8 Å². The highest BCUT2D eigenvalue weighted by Gasteiger charge is 2.27. The number of piperidine rings is 1. The molecule has 1 aliphatic heterocycles. The Bertz CT molecular complexity index is 1070. The molecule has 0 saturated carbocycles. The first kappa shape index (κ1) is 16.7. The van der Waals surface area contributed by atoms with Crippen molar-refractivity contribution in [2.75, 3.05) is 13.1 Å². The van der Waals surface area contributed by atoms with Gasteiger partial charge in [-0.15, -0.1) is 0 Å². The number of nitrogens with zero attached hydrogens (tertiary/aromatic N) is 4. The minimum absolute atomic E-state index is 0.0465. The summed E-state index contributed by atoms with van der Waals surface area (Å²) in [5.74, 6) is 1.44. The fourth-order valence-corrected chi connectivity index (χ4v) is 3.86. The van der Waals surface area contributed by atoms with Crippen LogP contribution in [0.25, 0.3) is 16.7 Å². The molecule has 5 rings (SSSR count). The maximum absolute atomic E-state index is 12.9. The van der Waals surface area contributed by atoms with Gasteiger partial charge in [0.2, 0.25) is 0 Å². The Hall–Kier alpha value is -3.41. The van der Waals surface area contributed by atoms with Gasteiger partial charge in [-0.1, -0.05) is 30.3 Å². The van der Waals surface area contributed by atoms with Gasteiger partial charge in [0, 0.05) is 25.2 Å². The molecule has 1 fully saturated rings. The molecule has 1 aliphatic rings. The van der Waals surface area contributed by atoms with E-state index in [0.29, 0.717) is 11.5 Å². The van der Waals surface area contributed by atoms with E-state index in [1.165, 1.54) is 0 Å². The van der Waals surface area contributed by atoms with Crippen molar-refractivity contribution in [3.63, 3.8) is 0 Å². The van der Waals surface area contributed by atoms with Crippen LogP contribution in [-0.2, 0) is 0 Å². The van der Waals surface area contributed by atoms with Crippen molar-refractivity contribution in [3.05, 3.63) is 78.4 Å². The Morgan fingerprint density at radius 1 is 1.00 bits per heavy atom. The highest BCUT2D eigenvalue weighted by molar-refractivity contribution is 5.93. The molecule has 1 N–H and O–H groups in total. The molecule has 6 heteroatoms. The number of carbonyl (C=O) groups excluding carboxylic acids is 1. The van der Waals surface area contributed by atoms with Crippen LogP contribution in [0, 0.1) is 0 Å². The number of rotatable bonds is 3. The molecule has 0 spiro atoms. The molecule has 2 aromatic heterocycles. The summed E-state index contributed by atoms with van der Waals surface area (Å²) in [7, 11) is 0. The molecule has 0 unspecified atom stereocenters. The minimum atomic E-state index is 0.0465. The zero-order valence-corrected chi connectivity index (χ0v) is 15.5. The average Bonchev–Trinajstić information content (AvgIpc) is 3.41. The fourth-order valence-electron chi connectivity index (χ4n) is 3.86. The number of hydrogen-bond donors (Lipinski definition) is 1. The van der Waals surface area contributed by atoms with Crippen molar-refractivity contribution in [1.29, 1.82) is 0 Å². The summed E-state index contributed by atoms with van der Waals surface area (Å²) in [4.78, 5) is 23.0. The number of benzene rings is 2. The maximum atomic E-state index is 12.9. The zero-order valence-electron chi connectivity index (χ0n) is 15.5. The summed E-state index contributed by atoms with van der Waals surface area (Å²) in [6, 6.07) is 17.9. The summed E-state index contributed by atoms with van der Waals surface area (Å²) in [6.45, 7) is 1.47. The molecule has 1 saturated heterocycles. The van der Waals surface area contributed by atoms with Gasteiger partial charge in [0.1, 0.15) is 5.82 Å². The number of aromatic nitrogens is 4. The third-order valence-electron chi connectivity index (χ3n) is 5.43. The van der Waals surface area contributed by atoms with Crippen LogP contribution in [0.15, 0.2) is 67.0 Å². The molecule has 0 bridgehead atoms. The third-order valence-corrected chi connectivity index (χ3v) is 5.43. The Labute approximate surface area is 162 Å². The normalized spacial score (nSPS) is 15.2. The summed E-state index contributed by atoms with van der Waals surface area (Å²) in [5.41, 5.74) is 3.66. The first-order valence-electron chi connectivity index (χ1n) is 9.62. The molecule has 1 amide bonds. The topological polar surface area (TPSA) is 66.8 Å². The third kappa shape index (κ3) is 3.07. The highest BCUT2D eigenvalue weighted by atomic mass is 16.2. The number of H-pyrrole nitrogens is 1. The van der Waals surface area contributed by atoms with Crippen molar-refractivity contribution in [3.8, 4) is 5.69 Å². The molecule has 3 heterocycles. The Balaban J connectivity index is 1.26. The van der Waals surface area contributed by atoms with Crippen molar-refractivity contribution in [1.82, 2.24) is 24.6 Å². The van der Waals surface area contributed by atoms with E-state index in [9.17, 15) is 4.79 Å². The van der Waals surface area contributed by atoms with Gasteiger partial charge < -0.3 is 9.88 Å². The number of imidazole rings is 1. The Morgan fingerprint density at radius 2 is 1.75 bits per heavy atom. The SMILES string of the molecule is O=C(c1cnn(-c2ccccc2)c1)N1CCC(c2nc3ccccc3[nH]2)CC1. The Morgan fingerprint density at radius 3 is 2.54 bits per heavy atom. The first-order chi connectivity index (χ1) is 13.8. The number of para-hydroxylation sites is 3. The van der Waals surface area contributed by atoms with Crippen LogP contribution in [0.2, 0.25) is 0 Å². The van der Waals surface area contributed by atoms with E-state index in [1.807, 2.05) is 59.6 Å². The molecule has 140 valence electrons. The van der Waals surface area contributed by atoms with Gasteiger partial charge in [0.05, 0.1) is 28.5 Å². The van der Waals surface area contributed by atoms with Gasteiger partial charge >= 0.3 is 0 Å².